The summed E-state index contributed by atoms with van der Waals surface area (Å²) >= 11 is 0. The molecule has 13 heteroatoms. The van der Waals surface area contributed by atoms with Crippen LogP contribution in [0.1, 0.15) is 12.3 Å². The maximum absolute atomic E-state index is 13.3. The molecule has 8 nitrogen and oxygen atoms in total. The summed E-state index contributed by atoms with van der Waals surface area (Å²) in [5, 5.41) is 7.30. The number of benzene rings is 1. The molecular formula is C16H13F4N5O3S. The highest BCUT2D eigenvalue weighted by molar-refractivity contribution is 7.89. The van der Waals surface area contributed by atoms with Gasteiger partial charge in [0.1, 0.15) is 11.1 Å². The average Bonchev–Trinajstić information content (AvgIpc) is 3.41. The van der Waals surface area contributed by atoms with Crippen molar-refractivity contribution in [2.24, 2.45) is 0 Å². The van der Waals surface area contributed by atoms with Crippen LogP contribution in [0.5, 0.6) is 0 Å². The van der Waals surface area contributed by atoms with Gasteiger partial charge in [0.2, 0.25) is 15.8 Å². The molecule has 1 aliphatic rings. The van der Waals surface area contributed by atoms with E-state index in [4.69, 9.17) is 0 Å². The maximum Gasteiger partial charge on any atom is 0.471 e. The second-order valence-corrected chi connectivity index (χ2v) is 8.28. The third-order valence-corrected chi connectivity index (χ3v) is 6.17. The van der Waals surface area contributed by atoms with Gasteiger partial charge in [-0.25, -0.2) is 17.5 Å². The molecule has 2 aromatic heterocycles. The summed E-state index contributed by atoms with van der Waals surface area (Å²) in [4.78, 5) is 3.22. The predicted molar refractivity (Wildman–Crippen MR) is 90.1 cm³/mol. The van der Waals surface area contributed by atoms with Crippen LogP contribution < -0.4 is 0 Å². The van der Waals surface area contributed by atoms with Crippen LogP contribution in [0.25, 0.3) is 17.1 Å². The minimum atomic E-state index is -4.74. The molecule has 1 fully saturated rings. The van der Waals surface area contributed by atoms with Crippen LogP contribution in [0.15, 0.2) is 46.1 Å². The summed E-state index contributed by atoms with van der Waals surface area (Å²) in [5.74, 6) is -1.68. The number of halogens is 4. The normalized spacial score (nSPS) is 18.4. The van der Waals surface area contributed by atoms with Gasteiger partial charge in [-0.2, -0.15) is 27.6 Å². The Labute approximate surface area is 161 Å². The molecule has 0 bridgehead atoms. The Morgan fingerprint density at radius 2 is 1.90 bits per heavy atom. The molecule has 0 N–H and O–H groups in total. The van der Waals surface area contributed by atoms with E-state index in [1.165, 1.54) is 35.1 Å². The summed E-state index contributed by atoms with van der Waals surface area (Å²) in [5.41, 5.74) is 0.735. The Morgan fingerprint density at radius 1 is 1.17 bits per heavy atom. The summed E-state index contributed by atoms with van der Waals surface area (Å²) in [7, 11) is -3.85. The molecule has 0 saturated carbocycles. The van der Waals surface area contributed by atoms with Crippen molar-refractivity contribution < 1.29 is 30.5 Å². The number of hydrogen-bond acceptors (Lipinski definition) is 6. The van der Waals surface area contributed by atoms with Gasteiger partial charge in [0, 0.05) is 18.7 Å². The maximum atomic E-state index is 13.3. The van der Waals surface area contributed by atoms with Crippen LogP contribution in [0.3, 0.4) is 0 Å². The van der Waals surface area contributed by atoms with Gasteiger partial charge in [-0.05, 0) is 30.7 Å². The van der Waals surface area contributed by atoms with E-state index in [9.17, 15) is 26.0 Å². The van der Waals surface area contributed by atoms with Crippen molar-refractivity contribution in [3.63, 3.8) is 0 Å². The first kappa shape index (κ1) is 19.5. The van der Waals surface area contributed by atoms with Crippen LogP contribution in [0.2, 0.25) is 0 Å². The lowest BCUT2D eigenvalue weighted by Crippen LogP contribution is -2.28. The first-order valence-electron chi connectivity index (χ1n) is 8.35. The predicted octanol–water partition coefficient (Wildman–Crippen LogP) is 2.67. The number of sulfonamides is 1. The number of nitrogens with zero attached hydrogens (tertiary/aromatic N) is 5. The smallest absolute Gasteiger partial charge is 0.329 e. The minimum absolute atomic E-state index is 0.0799. The second kappa shape index (κ2) is 6.91. The average molecular weight is 431 g/mol. The lowest BCUT2D eigenvalue weighted by Gasteiger charge is -2.13. The highest BCUT2D eigenvalue weighted by Crippen LogP contribution is 2.29. The van der Waals surface area contributed by atoms with Gasteiger partial charge < -0.3 is 4.52 Å². The molecule has 3 aromatic rings. The van der Waals surface area contributed by atoms with Crippen molar-refractivity contribution in [2.45, 2.75) is 23.7 Å². The van der Waals surface area contributed by atoms with Gasteiger partial charge in [0.25, 0.3) is 0 Å². The molecule has 154 valence electrons. The Morgan fingerprint density at radius 3 is 2.48 bits per heavy atom. The zero-order valence-electron chi connectivity index (χ0n) is 14.5. The zero-order valence-corrected chi connectivity index (χ0v) is 15.4. The molecule has 0 aliphatic carbocycles. The Bertz CT molecular complexity index is 1120. The lowest BCUT2D eigenvalue weighted by molar-refractivity contribution is -0.159. The number of alkyl halides is 4. The van der Waals surface area contributed by atoms with E-state index in [-0.39, 0.29) is 35.8 Å². The van der Waals surface area contributed by atoms with Crippen molar-refractivity contribution in [1.29, 1.82) is 0 Å². The Kier molecular flexibility index (Phi) is 4.65. The molecule has 0 radical (unpaired) electrons. The van der Waals surface area contributed by atoms with Gasteiger partial charge in [-0.3, -0.25) is 0 Å². The highest BCUT2D eigenvalue weighted by atomic mass is 32.2. The monoisotopic (exact) mass is 431 g/mol. The van der Waals surface area contributed by atoms with E-state index in [0.717, 1.165) is 10.5 Å². The summed E-state index contributed by atoms with van der Waals surface area (Å²) < 4.78 is 82.6. The van der Waals surface area contributed by atoms with Crippen LogP contribution in [0, 0.1) is 0 Å². The highest BCUT2D eigenvalue weighted by Gasteiger charge is 2.38. The number of aromatic nitrogens is 4. The van der Waals surface area contributed by atoms with Gasteiger partial charge in [0.15, 0.2) is 0 Å². The van der Waals surface area contributed by atoms with E-state index in [0.29, 0.717) is 5.69 Å². The second-order valence-electron chi connectivity index (χ2n) is 6.34. The standard InChI is InChI=1S/C16H13F4N5O3S/c17-11-5-6-24(8-11)29(26,27)13-7-21-25(9-13)12-3-1-10(2-4-12)14-22-15(28-23-14)16(18,19)20/h1-4,7,9,11H,5-6,8H2. The van der Waals surface area contributed by atoms with Crippen LogP contribution in [-0.2, 0) is 16.2 Å². The molecule has 1 unspecified atom stereocenters. The topological polar surface area (TPSA) is 94.1 Å². The van der Waals surface area contributed by atoms with Crippen molar-refractivity contribution in [3.8, 4) is 17.1 Å². The Hall–Kier alpha value is -2.80. The Balaban J connectivity index is 1.55. The van der Waals surface area contributed by atoms with Gasteiger partial charge in [0.05, 0.1) is 18.1 Å². The molecular weight excluding hydrogens is 418 g/mol. The third-order valence-electron chi connectivity index (χ3n) is 4.35. The van der Waals surface area contributed by atoms with Crippen LogP contribution >= 0.6 is 0 Å². The van der Waals surface area contributed by atoms with Crippen molar-refractivity contribution in [1.82, 2.24) is 24.2 Å². The van der Waals surface area contributed by atoms with Crippen LogP contribution in [-0.4, -0.2) is 51.9 Å². The van der Waals surface area contributed by atoms with E-state index < -0.39 is 28.3 Å². The lowest BCUT2D eigenvalue weighted by atomic mass is 10.2. The fourth-order valence-corrected chi connectivity index (χ4v) is 4.27. The number of hydrogen-bond donors (Lipinski definition) is 0. The molecule has 4 rings (SSSR count). The van der Waals surface area contributed by atoms with Crippen molar-refractivity contribution in [3.05, 3.63) is 42.5 Å². The zero-order chi connectivity index (χ0) is 20.8. The molecule has 1 atom stereocenters. The van der Waals surface area contributed by atoms with Gasteiger partial charge in [-0.15, -0.1) is 0 Å². The number of rotatable bonds is 4. The molecule has 0 spiro atoms. The van der Waals surface area contributed by atoms with Crippen molar-refractivity contribution >= 4 is 10.0 Å². The van der Waals surface area contributed by atoms with Crippen molar-refractivity contribution in [2.75, 3.05) is 13.1 Å². The molecule has 29 heavy (non-hydrogen) atoms. The SMILES string of the molecule is O=S(=O)(c1cnn(-c2ccc(-c3noc(C(F)(F)F)n3)cc2)c1)N1CCC(F)C1. The molecule has 3 heterocycles. The minimum Gasteiger partial charge on any atom is -0.329 e. The summed E-state index contributed by atoms with van der Waals surface area (Å²) in [6.45, 7) is -0.0825. The van der Waals surface area contributed by atoms with E-state index in [1.54, 1.807) is 0 Å². The fourth-order valence-electron chi connectivity index (χ4n) is 2.85. The van der Waals surface area contributed by atoms with E-state index >= 15 is 0 Å². The molecule has 1 saturated heterocycles. The third kappa shape index (κ3) is 3.74. The first-order chi connectivity index (χ1) is 13.6. The van der Waals surface area contributed by atoms with Crippen LogP contribution in [0.4, 0.5) is 17.6 Å². The summed E-state index contributed by atoms with van der Waals surface area (Å²) in [6.07, 6.45) is -3.33. The fraction of sp³-hybridized carbons (Fsp3) is 0.312. The van der Waals surface area contributed by atoms with E-state index in [2.05, 4.69) is 19.8 Å². The van der Waals surface area contributed by atoms with E-state index in [1.807, 2.05) is 0 Å². The summed E-state index contributed by atoms with van der Waals surface area (Å²) in [6, 6.07) is 5.92. The molecule has 0 amide bonds. The quantitative estimate of drug-likeness (QED) is 0.590. The first-order valence-corrected chi connectivity index (χ1v) is 9.79. The largest absolute Gasteiger partial charge is 0.471 e. The molecule has 1 aromatic carbocycles. The van der Waals surface area contributed by atoms with Gasteiger partial charge >= 0.3 is 12.1 Å². The molecule has 1 aliphatic heterocycles. The van der Waals surface area contributed by atoms with Gasteiger partial charge in [-0.1, -0.05) is 5.16 Å².